The van der Waals surface area contributed by atoms with Gasteiger partial charge in [0.1, 0.15) is 0 Å². The maximum absolute atomic E-state index is 12.1. The summed E-state index contributed by atoms with van der Waals surface area (Å²) in [6.07, 6.45) is 3.54. The molecule has 2 amide bonds. The summed E-state index contributed by atoms with van der Waals surface area (Å²) in [4.78, 5) is 24.7. The van der Waals surface area contributed by atoms with E-state index in [0.29, 0.717) is 18.8 Å². The maximum atomic E-state index is 12.1. The number of aromatic nitrogens is 2. The lowest BCUT2D eigenvalue weighted by Gasteiger charge is -2.35. The number of anilines is 1. The first kappa shape index (κ1) is 13.5. The fourth-order valence-electron chi connectivity index (χ4n) is 2.31. The molecule has 0 aromatic carbocycles. The van der Waals surface area contributed by atoms with Crippen LogP contribution in [0.3, 0.4) is 0 Å². The molecule has 1 unspecified atom stereocenters. The molecule has 1 aromatic heterocycles. The SMILES string of the molecule is O=C(Nc1ccc(=O)[nH]n1)N1CCCCC1CCO. The number of hydrogen-bond acceptors (Lipinski definition) is 4. The smallest absolute Gasteiger partial charge is 0.323 e. The van der Waals surface area contributed by atoms with Crippen molar-refractivity contribution < 1.29 is 9.90 Å². The third-order valence-corrected chi connectivity index (χ3v) is 3.26. The van der Waals surface area contributed by atoms with Crippen LogP contribution < -0.4 is 10.9 Å². The minimum absolute atomic E-state index is 0.0708. The molecule has 0 bridgehead atoms. The summed E-state index contributed by atoms with van der Waals surface area (Å²) < 4.78 is 0. The average molecular weight is 266 g/mol. The second kappa shape index (κ2) is 6.33. The molecule has 1 aromatic rings. The van der Waals surface area contributed by atoms with Gasteiger partial charge in [-0.1, -0.05) is 0 Å². The molecule has 2 rings (SSSR count). The van der Waals surface area contributed by atoms with Crippen molar-refractivity contribution in [1.29, 1.82) is 0 Å². The van der Waals surface area contributed by atoms with Crippen LogP contribution in [0.2, 0.25) is 0 Å². The number of nitrogens with zero attached hydrogens (tertiary/aromatic N) is 2. The summed E-state index contributed by atoms with van der Waals surface area (Å²) in [5, 5.41) is 17.7. The Bertz CT molecular complexity index is 466. The molecule has 0 spiro atoms. The Morgan fingerprint density at radius 1 is 1.53 bits per heavy atom. The van der Waals surface area contributed by atoms with Crippen molar-refractivity contribution in [2.24, 2.45) is 0 Å². The predicted molar refractivity (Wildman–Crippen MR) is 69.9 cm³/mol. The van der Waals surface area contributed by atoms with Gasteiger partial charge in [-0.25, -0.2) is 9.89 Å². The van der Waals surface area contributed by atoms with Crippen LogP contribution in [0.1, 0.15) is 25.7 Å². The van der Waals surface area contributed by atoms with Gasteiger partial charge in [-0.2, -0.15) is 5.10 Å². The van der Waals surface area contributed by atoms with E-state index in [0.717, 1.165) is 19.3 Å². The fraction of sp³-hybridized carbons (Fsp3) is 0.583. The second-order valence-electron chi connectivity index (χ2n) is 4.59. The third-order valence-electron chi connectivity index (χ3n) is 3.26. The number of aliphatic hydroxyl groups is 1. The molecule has 0 radical (unpaired) electrons. The number of aliphatic hydroxyl groups excluding tert-OH is 1. The molecule has 0 saturated carbocycles. The number of carbonyl (C=O) groups excluding carboxylic acids is 1. The lowest BCUT2D eigenvalue weighted by Crippen LogP contribution is -2.46. The highest BCUT2D eigenvalue weighted by Gasteiger charge is 2.26. The number of urea groups is 1. The predicted octanol–water partition coefficient (Wildman–Crippen LogP) is 0.539. The number of amides is 2. The highest BCUT2D eigenvalue weighted by atomic mass is 16.3. The topological polar surface area (TPSA) is 98.3 Å². The Hall–Kier alpha value is -1.89. The average Bonchev–Trinajstić information content (AvgIpc) is 2.42. The molecular formula is C12H18N4O3. The normalized spacial score (nSPS) is 19.2. The van der Waals surface area contributed by atoms with Crippen molar-refractivity contribution in [1.82, 2.24) is 15.1 Å². The van der Waals surface area contributed by atoms with Gasteiger partial charge in [-0.05, 0) is 31.7 Å². The van der Waals surface area contributed by atoms with Gasteiger partial charge in [-0.15, -0.1) is 0 Å². The van der Waals surface area contributed by atoms with Crippen molar-refractivity contribution in [3.05, 3.63) is 22.5 Å². The number of hydrogen-bond donors (Lipinski definition) is 3. The lowest BCUT2D eigenvalue weighted by atomic mass is 10.0. The minimum atomic E-state index is -0.311. The van der Waals surface area contributed by atoms with E-state index in [9.17, 15) is 9.59 Å². The molecule has 1 fully saturated rings. The van der Waals surface area contributed by atoms with Crippen molar-refractivity contribution in [2.45, 2.75) is 31.7 Å². The highest BCUT2D eigenvalue weighted by molar-refractivity contribution is 5.88. The number of piperidine rings is 1. The summed E-state index contributed by atoms with van der Waals surface area (Å²) in [6, 6.07) is 2.60. The van der Waals surface area contributed by atoms with Crippen LogP contribution in [0.15, 0.2) is 16.9 Å². The summed E-state index contributed by atoms with van der Waals surface area (Å²) in [6.45, 7) is 0.755. The van der Waals surface area contributed by atoms with E-state index in [2.05, 4.69) is 15.5 Å². The molecule has 19 heavy (non-hydrogen) atoms. The highest BCUT2D eigenvalue weighted by Crippen LogP contribution is 2.20. The molecule has 7 nitrogen and oxygen atoms in total. The zero-order chi connectivity index (χ0) is 13.7. The van der Waals surface area contributed by atoms with Gasteiger partial charge in [-0.3, -0.25) is 10.1 Å². The Labute approximate surface area is 110 Å². The van der Waals surface area contributed by atoms with Gasteiger partial charge in [0.05, 0.1) is 0 Å². The Morgan fingerprint density at radius 2 is 2.37 bits per heavy atom. The monoisotopic (exact) mass is 266 g/mol. The number of rotatable bonds is 3. The van der Waals surface area contributed by atoms with Crippen LogP contribution >= 0.6 is 0 Å². The largest absolute Gasteiger partial charge is 0.396 e. The Kier molecular flexibility index (Phi) is 4.51. The van der Waals surface area contributed by atoms with Gasteiger partial charge in [0.25, 0.3) is 5.56 Å². The van der Waals surface area contributed by atoms with Gasteiger partial charge < -0.3 is 10.0 Å². The molecule has 3 N–H and O–H groups in total. The lowest BCUT2D eigenvalue weighted by molar-refractivity contribution is 0.141. The summed E-state index contributed by atoms with van der Waals surface area (Å²) in [7, 11) is 0. The van der Waals surface area contributed by atoms with Gasteiger partial charge in [0.15, 0.2) is 5.82 Å². The molecule has 7 heteroatoms. The number of likely N-dealkylation sites (tertiary alicyclic amines) is 1. The van der Waals surface area contributed by atoms with Gasteiger partial charge in [0, 0.05) is 25.3 Å². The zero-order valence-corrected chi connectivity index (χ0v) is 10.6. The summed E-state index contributed by atoms with van der Waals surface area (Å²) >= 11 is 0. The van der Waals surface area contributed by atoms with Crippen LogP contribution in [0.25, 0.3) is 0 Å². The van der Waals surface area contributed by atoms with E-state index < -0.39 is 0 Å². The number of aromatic amines is 1. The molecule has 0 aliphatic carbocycles. The first-order valence-corrected chi connectivity index (χ1v) is 6.45. The quantitative estimate of drug-likeness (QED) is 0.743. The molecule has 1 atom stereocenters. The van der Waals surface area contributed by atoms with Crippen molar-refractivity contribution >= 4 is 11.8 Å². The van der Waals surface area contributed by atoms with Crippen LogP contribution in [0.4, 0.5) is 10.6 Å². The first-order chi connectivity index (χ1) is 9.20. The van der Waals surface area contributed by atoms with Gasteiger partial charge >= 0.3 is 6.03 Å². The van der Waals surface area contributed by atoms with Gasteiger partial charge in [0.2, 0.25) is 0 Å². The van der Waals surface area contributed by atoms with E-state index >= 15 is 0 Å². The van der Waals surface area contributed by atoms with Crippen LogP contribution in [0, 0.1) is 0 Å². The zero-order valence-electron chi connectivity index (χ0n) is 10.6. The minimum Gasteiger partial charge on any atom is -0.396 e. The maximum Gasteiger partial charge on any atom is 0.323 e. The molecule has 104 valence electrons. The van der Waals surface area contributed by atoms with Crippen molar-refractivity contribution in [2.75, 3.05) is 18.5 Å². The fourth-order valence-corrected chi connectivity index (χ4v) is 2.31. The van der Waals surface area contributed by atoms with Crippen LogP contribution in [-0.4, -0.2) is 45.4 Å². The van der Waals surface area contributed by atoms with E-state index in [4.69, 9.17) is 5.11 Å². The summed E-state index contributed by atoms with van der Waals surface area (Å²) in [5.74, 6) is 0.318. The van der Waals surface area contributed by atoms with Crippen molar-refractivity contribution in [3.63, 3.8) is 0 Å². The number of H-pyrrole nitrogens is 1. The van der Waals surface area contributed by atoms with E-state index in [1.165, 1.54) is 12.1 Å². The first-order valence-electron chi connectivity index (χ1n) is 6.45. The molecule has 2 heterocycles. The van der Waals surface area contributed by atoms with Crippen LogP contribution in [-0.2, 0) is 0 Å². The standard InChI is InChI=1S/C12H18N4O3/c17-8-6-9-3-1-2-7-16(9)12(19)13-10-4-5-11(18)15-14-10/h4-5,9,17H,1-3,6-8H2,(H,15,18)(H,13,14,19). The van der Waals surface area contributed by atoms with Crippen molar-refractivity contribution in [3.8, 4) is 0 Å². The second-order valence-corrected chi connectivity index (χ2v) is 4.59. The number of carbonyl (C=O) groups is 1. The number of nitrogens with one attached hydrogen (secondary N) is 2. The van der Waals surface area contributed by atoms with Crippen LogP contribution in [0.5, 0.6) is 0 Å². The van der Waals surface area contributed by atoms with E-state index in [-0.39, 0.29) is 24.2 Å². The molecule has 1 aliphatic rings. The molecule has 1 aliphatic heterocycles. The van der Waals surface area contributed by atoms with E-state index in [1.54, 1.807) is 4.90 Å². The summed E-state index contributed by atoms with van der Waals surface area (Å²) in [5.41, 5.74) is -0.311. The van der Waals surface area contributed by atoms with E-state index in [1.807, 2.05) is 0 Å². The molecular weight excluding hydrogens is 248 g/mol. The third kappa shape index (κ3) is 3.54. The Morgan fingerprint density at radius 3 is 3.05 bits per heavy atom. The molecule has 1 saturated heterocycles. The Balaban J connectivity index is 2.01.